The van der Waals surface area contributed by atoms with Gasteiger partial charge in [0.25, 0.3) is 0 Å². The SMILES string of the molecule is CCSCCn1cc2c(c1)C(=O)CCC2. The lowest BCUT2D eigenvalue weighted by Gasteiger charge is -2.07. The van der Waals surface area contributed by atoms with Crippen LogP contribution in [-0.2, 0) is 13.0 Å². The molecule has 0 aromatic carbocycles. The predicted molar refractivity (Wildman–Crippen MR) is 64.7 cm³/mol. The molecule has 82 valence electrons. The summed E-state index contributed by atoms with van der Waals surface area (Å²) in [6.45, 7) is 3.20. The molecule has 1 aliphatic carbocycles. The second-order valence-corrected chi connectivity index (χ2v) is 5.30. The van der Waals surface area contributed by atoms with Crippen molar-refractivity contribution in [2.75, 3.05) is 11.5 Å². The number of aromatic nitrogens is 1. The molecule has 1 aromatic heterocycles. The zero-order chi connectivity index (χ0) is 10.7. The summed E-state index contributed by atoms with van der Waals surface area (Å²) in [7, 11) is 0. The zero-order valence-corrected chi connectivity index (χ0v) is 9.98. The molecule has 0 radical (unpaired) electrons. The van der Waals surface area contributed by atoms with Crippen LogP contribution in [0.15, 0.2) is 12.4 Å². The first-order valence-corrected chi connectivity index (χ1v) is 6.76. The average Bonchev–Trinajstić information content (AvgIpc) is 2.63. The molecule has 0 saturated carbocycles. The minimum absolute atomic E-state index is 0.332. The van der Waals surface area contributed by atoms with Crippen LogP contribution in [-0.4, -0.2) is 21.9 Å². The lowest BCUT2D eigenvalue weighted by atomic mass is 9.95. The van der Waals surface area contributed by atoms with Crippen LogP contribution < -0.4 is 0 Å². The van der Waals surface area contributed by atoms with Crippen molar-refractivity contribution in [3.63, 3.8) is 0 Å². The molecule has 1 aromatic rings. The van der Waals surface area contributed by atoms with E-state index in [4.69, 9.17) is 0 Å². The number of ketones is 1. The fourth-order valence-electron chi connectivity index (χ4n) is 2.02. The minimum Gasteiger partial charge on any atom is -0.352 e. The Morgan fingerprint density at radius 1 is 1.40 bits per heavy atom. The Morgan fingerprint density at radius 3 is 3.00 bits per heavy atom. The number of rotatable bonds is 4. The Morgan fingerprint density at radius 2 is 2.27 bits per heavy atom. The third-order valence-electron chi connectivity index (χ3n) is 2.81. The molecule has 1 heterocycles. The molecule has 0 fully saturated rings. The highest BCUT2D eigenvalue weighted by atomic mass is 32.2. The highest BCUT2D eigenvalue weighted by molar-refractivity contribution is 7.99. The number of nitrogens with zero attached hydrogens (tertiary/aromatic N) is 1. The number of aryl methyl sites for hydroxylation is 2. The third-order valence-corrected chi connectivity index (χ3v) is 3.69. The lowest BCUT2D eigenvalue weighted by Crippen LogP contribution is -2.07. The first-order chi connectivity index (χ1) is 7.31. The Bertz CT molecular complexity index is 357. The standard InChI is InChI=1S/C12H17NOS/c1-2-15-7-6-13-8-10-4-3-5-12(14)11(10)9-13/h8-9H,2-7H2,1H3. The van der Waals surface area contributed by atoms with Crippen LogP contribution in [0.5, 0.6) is 0 Å². The van der Waals surface area contributed by atoms with E-state index in [9.17, 15) is 4.79 Å². The summed E-state index contributed by atoms with van der Waals surface area (Å²) in [6.07, 6.45) is 7.03. The van der Waals surface area contributed by atoms with Crippen LogP contribution in [0.25, 0.3) is 0 Å². The molecule has 0 aliphatic heterocycles. The molecule has 0 unspecified atom stereocenters. The number of hydrogen-bond acceptors (Lipinski definition) is 2. The van der Waals surface area contributed by atoms with Gasteiger partial charge in [-0.1, -0.05) is 6.92 Å². The molecule has 15 heavy (non-hydrogen) atoms. The molecule has 2 rings (SSSR count). The Labute approximate surface area is 95.0 Å². The molecule has 0 atom stereocenters. The van der Waals surface area contributed by atoms with Gasteiger partial charge in [-0.25, -0.2) is 0 Å². The maximum Gasteiger partial charge on any atom is 0.164 e. The molecular weight excluding hydrogens is 206 g/mol. The van der Waals surface area contributed by atoms with Crippen molar-refractivity contribution in [3.8, 4) is 0 Å². The van der Waals surface area contributed by atoms with Gasteiger partial charge in [-0.3, -0.25) is 4.79 Å². The van der Waals surface area contributed by atoms with E-state index >= 15 is 0 Å². The van der Waals surface area contributed by atoms with Crippen molar-refractivity contribution in [2.24, 2.45) is 0 Å². The van der Waals surface area contributed by atoms with Gasteiger partial charge in [0.1, 0.15) is 0 Å². The number of fused-ring (bicyclic) bond motifs is 1. The molecule has 0 bridgehead atoms. The van der Waals surface area contributed by atoms with E-state index in [1.165, 1.54) is 11.3 Å². The molecule has 0 amide bonds. The van der Waals surface area contributed by atoms with Crippen molar-refractivity contribution in [1.29, 1.82) is 0 Å². The van der Waals surface area contributed by atoms with Gasteiger partial charge in [0.15, 0.2) is 5.78 Å². The molecule has 3 heteroatoms. The van der Waals surface area contributed by atoms with E-state index in [0.29, 0.717) is 5.78 Å². The molecular formula is C12H17NOS. The molecule has 1 aliphatic rings. The van der Waals surface area contributed by atoms with Crippen molar-refractivity contribution >= 4 is 17.5 Å². The third kappa shape index (κ3) is 2.46. The number of carbonyl (C=O) groups is 1. The summed E-state index contributed by atoms with van der Waals surface area (Å²) in [5.74, 6) is 2.64. The van der Waals surface area contributed by atoms with Crippen molar-refractivity contribution < 1.29 is 4.79 Å². The summed E-state index contributed by atoms with van der Waals surface area (Å²) >= 11 is 1.94. The summed E-state index contributed by atoms with van der Waals surface area (Å²) < 4.78 is 2.18. The number of thioether (sulfide) groups is 1. The van der Waals surface area contributed by atoms with Crippen LogP contribution in [0.1, 0.15) is 35.7 Å². The van der Waals surface area contributed by atoms with Gasteiger partial charge in [-0.05, 0) is 24.2 Å². The predicted octanol–water partition coefficient (Wildman–Crippen LogP) is 2.76. The monoisotopic (exact) mass is 223 g/mol. The van der Waals surface area contributed by atoms with Crippen molar-refractivity contribution in [1.82, 2.24) is 4.57 Å². The normalized spacial score (nSPS) is 15.4. The fourth-order valence-corrected chi connectivity index (χ4v) is 2.65. The van der Waals surface area contributed by atoms with Crippen molar-refractivity contribution in [3.05, 3.63) is 23.5 Å². The average molecular weight is 223 g/mol. The van der Waals surface area contributed by atoms with Gasteiger partial charge in [0, 0.05) is 36.7 Å². The van der Waals surface area contributed by atoms with E-state index in [2.05, 4.69) is 17.7 Å². The molecule has 0 spiro atoms. The maximum absolute atomic E-state index is 11.6. The highest BCUT2D eigenvalue weighted by Crippen LogP contribution is 2.22. The van der Waals surface area contributed by atoms with E-state index in [0.717, 1.165) is 37.1 Å². The first kappa shape index (κ1) is 10.8. The molecule has 2 nitrogen and oxygen atoms in total. The number of carbonyl (C=O) groups excluding carboxylic acids is 1. The molecule has 0 saturated heterocycles. The fraction of sp³-hybridized carbons (Fsp3) is 0.583. The van der Waals surface area contributed by atoms with Crippen LogP contribution >= 0.6 is 11.8 Å². The molecule has 0 N–H and O–H groups in total. The Hall–Kier alpha value is -0.700. The quantitative estimate of drug-likeness (QED) is 0.732. The number of hydrogen-bond donors (Lipinski definition) is 0. The first-order valence-electron chi connectivity index (χ1n) is 5.61. The smallest absolute Gasteiger partial charge is 0.164 e. The van der Waals surface area contributed by atoms with Crippen LogP contribution in [0, 0.1) is 0 Å². The topological polar surface area (TPSA) is 22.0 Å². The van der Waals surface area contributed by atoms with Gasteiger partial charge in [0.2, 0.25) is 0 Å². The van der Waals surface area contributed by atoms with Crippen LogP contribution in [0.2, 0.25) is 0 Å². The zero-order valence-electron chi connectivity index (χ0n) is 9.16. The summed E-state index contributed by atoms with van der Waals surface area (Å²) in [6, 6.07) is 0. The van der Waals surface area contributed by atoms with Crippen LogP contribution in [0.3, 0.4) is 0 Å². The van der Waals surface area contributed by atoms with E-state index in [-0.39, 0.29) is 0 Å². The van der Waals surface area contributed by atoms with Gasteiger partial charge < -0.3 is 4.57 Å². The lowest BCUT2D eigenvalue weighted by molar-refractivity contribution is 0.0973. The van der Waals surface area contributed by atoms with E-state index in [1.54, 1.807) is 0 Å². The van der Waals surface area contributed by atoms with Gasteiger partial charge in [-0.15, -0.1) is 0 Å². The van der Waals surface area contributed by atoms with Crippen molar-refractivity contribution in [2.45, 2.75) is 32.7 Å². The van der Waals surface area contributed by atoms with E-state index < -0.39 is 0 Å². The second kappa shape index (κ2) is 4.88. The van der Waals surface area contributed by atoms with E-state index in [1.807, 2.05) is 18.0 Å². The maximum atomic E-state index is 11.6. The van der Waals surface area contributed by atoms with Gasteiger partial charge in [0.05, 0.1) is 0 Å². The minimum atomic E-state index is 0.332. The summed E-state index contributed by atoms with van der Waals surface area (Å²) in [5.41, 5.74) is 2.23. The highest BCUT2D eigenvalue weighted by Gasteiger charge is 2.18. The largest absolute Gasteiger partial charge is 0.352 e. The Balaban J connectivity index is 2.05. The van der Waals surface area contributed by atoms with Gasteiger partial charge >= 0.3 is 0 Å². The second-order valence-electron chi connectivity index (χ2n) is 3.91. The Kier molecular flexibility index (Phi) is 3.52. The van der Waals surface area contributed by atoms with Crippen LogP contribution in [0.4, 0.5) is 0 Å². The number of Topliss-reactive ketones (excluding diaryl/α,β-unsaturated/α-hetero) is 1. The van der Waals surface area contributed by atoms with Gasteiger partial charge in [-0.2, -0.15) is 11.8 Å². The summed E-state index contributed by atoms with van der Waals surface area (Å²) in [5, 5.41) is 0. The summed E-state index contributed by atoms with van der Waals surface area (Å²) in [4.78, 5) is 11.6.